The summed E-state index contributed by atoms with van der Waals surface area (Å²) in [6.45, 7) is 4.79. The number of hydrogen-bond donors (Lipinski definition) is 4. The van der Waals surface area contributed by atoms with E-state index < -0.39 is 40.1 Å². The van der Waals surface area contributed by atoms with Crippen molar-refractivity contribution in [1.29, 1.82) is 0 Å². The van der Waals surface area contributed by atoms with E-state index in [9.17, 15) is 18.0 Å². The molecule has 18 heavy (non-hydrogen) atoms. The Balaban J connectivity index is 4.68. The molecule has 0 aliphatic carbocycles. The van der Waals surface area contributed by atoms with Crippen molar-refractivity contribution in [3.05, 3.63) is 0 Å². The number of carboxylic acids is 2. The Kier molecular flexibility index (Phi) is 5.71. The van der Waals surface area contributed by atoms with E-state index in [1.807, 2.05) is 4.72 Å². The molecule has 0 saturated carbocycles. The summed E-state index contributed by atoms with van der Waals surface area (Å²) in [6, 6.07) is -1.47. The normalized spacial score (nSPS) is 14.2. The van der Waals surface area contributed by atoms with Gasteiger partial charge >= 0.3 is 11.9 Å². The molecule has 0 aromatic heterocycles. The van der Waals surface area contributed by atoms with Gasteiger partial charge in [-0.1, -0.05) is 0 Å². The standard InChI is InChI=1S/C9H18N2O6S/c1-9(2,3)11-18(16,17)10-6(8(14)15)4-5-7(12)13/h6,10-11H,4-5H2,1-3H3,(H,12,13)(H,14,15)/t6-/m0/s1. The Labute approximate surface area is 106 Å². The Hall–Kier alpha value is -1.19. The molecule has 0 bridgehead atoms. The lowest BCUT2D eigenvalue weighted by Gasteiger charge is -2.22. The molecule has 0 aliphatic rings. The minimum absolute atomic E-state index is 0.324. The third-order valence-electron chi connectivity index (χ3n) is 1.68. The topological polar surface area (TPSA) is 133 Å². The van der Waals surface area contributed by atoms with Gasteiger partial charge in [-0.05, 0) is 27.2 Å². The van der Waals surface area contributed by atoms with Gasteiger partial charge in [0.1, 0.15) is 6.04 Å². The molecule has 0 fully saturated rings. The Morgan fingerprint density at radius 2 is 1.72 bits per heavy atom. The first kappa shape index (κ1) is 16.8. The SMILES string of the molecule is CC(C)(C)NS(=O)(=O)N[C@@H](CCC(=O)O)C(=O)O. The van der Waals surface area contributed by atoms with Crippen molar-refractivity contribution in [2.75, 3.05) is 0 Å². The summed E-state index contributed by atoms with van der Waals surface area (Å²) in [5.74, 6) is -2.61. The molecule has 0 aromatic rings. The van der Waals surface area contributed by atoms with Crippen LogP contribution in [0.4, 0.5) is 0 Å². The predicted octanol–water partition coefficient (Wildman–Crippen LogP) is -0.473. The lowest BCUT2D eigenvalue weighted by atomic mass is 10.1. The van der Waals surface area contributed by atoms with Gasteiger partial charge < -0.3 is 10.2 Å². The first-order chi connectivity index (χ1) is 7.93. The summed E-state index contributed by atoms with van der Waals surface area (Å²) in [4.78, 5) is 21.1. The molecule has 8 nitrogen and oxygen atoms in total. The highest BCUT2D eigenvalue weighted by molar-refractivity contribution is 7.87. The molecule has 4 N–H and O–H groups in total. The van der Waals surface area contributed by atoms with Crippen molar-refractivity contribution in [3.63, 3.8) is 0 Å². The second kappa shape index (κ2) is 6.12. The van der Waals surface area contributed by atoms with E-state index in [2.05, 4.69) is 4.72 Å². The fourth-order valence-electron chi connectivity index (χ4n) is 1.12. The van der Waals surface area contributed by atoms with Crippen molar-refractivity contribution in [1.82, 2.24) is 9.44 Å². The molecule has 0 aliphatic heterocycles. The molecule has 106 valence electrons. The van der Waals surface area contributed by atoms with Crippen LogP contribution in [0.3, 0.4) is 0 Å². The largest absolute Gasteiger partial charge is 0.481 e. The van der Waals surface area contributed by atoms with E-state index in [0.29, 0.717) is 0 Å². The maximum Gasteiger partial charge on any atom is 0.321 e. The maximum atomic E-state index is 11.6. The second-order valence-electron chi connectivity index (χ2n) is 4.80. The smallest absolute Gasteiger partial charge is 0.321 e. The van der Waals surface area contributed by atoms with Gasteiger partial charge in [0.2, 0.25) is 0 Å². The average molecular weight is 282 g/mol. The summed E-state index contributed by atoms with van der Waals surface area (Å²) in [5.41, 5.74) is -0.762. The van der Waals surface area contributed by atoms with E-state index in [-0.39, 0.29) is 6.42 Å². The van der Waals surface area contributed by atoms with Crippen molar-refractivity contribution in [2.45, 2.75) is 45.2 Å². The van der Waals surface area contributed by atoms with Crippen LogP contribution >= 0.6 is 0 Å². The van der Waals surface area contributed by atoms with Crippen molar-refractivity contribution in [3.8, 4) is 0 Å². The molecule has 0 rings (SSSR count). The van der Waals surface area contributed by atoms with Gasteiger partial charge in [0, 0.05) is 12.0 Å². The fourth-order valence-corrected chi connectivity index (χ4v) is 2.58. The number of rotatable bonds is 7. The molecule has 0 heterocycles. The van der Waals surface area contributed by atoms with E-state index in [0.717, 1.165) is 0 Å². The lowest BCUT2D eigenvalue weighted by molar-refractivity contribution is -0.140. The third-order valence-corrected chi connectivity index (χ3v) is 3.16. The van der Waals surface area contributed by atoms with Crippen LogP contribution < -0.4 is 9.44 Å². The number of aliphatic carboxylic acids is 2. The molecule has 0 aromatic carbocycles. The van der Waals surface area contributed by atoms with Crippen LogP contribution in [0.5, 0.6) is 0 Å². The van der Waals surface area contributed by atoms with Gasteiger partial charge in [0.05, 0.1) is 0 Å². The maximum absolute atomic E-state index is 11.6. The molecular weight excluding hydrogens is 264 g/mol. The zero-order valence-corrected chi connectivity index (χ0v) is 11.2. The molecular formula is C9H18N2O6S. The van der Waals surface area contributed by atoms with E-state index >= 15 is 0 Å². The van der Waals surface area contributed by atoms with Gasteiger partial charge in [0.15, 0.2) is 0 Å². The summed E-state index contributed by atoms with van der Waals surface area (Å²) in [6.07, 6.45) is -0.759. The molecule has 0 radical (unpaired) electrons. The van der Waals surface area contributed by atoms with Gasteiger partial charge in [-0.3, -0.25) is 9.59 Å². The first-order valence-corrected chi connectivity index (χ1v) is 6.67. The second-order valence-corrected chi connectivity index (χ2v) is 6.24. The number of carbonyl (C=O) groups is 2. The van der Waals surface area contributed by atoms with Gasteiger partial charge in [0.25, 0.3) is 10.2 Å². The molecule has 1 atom stereocenters. The summed E-state index contributed by atoms with van der Waals surface area (Å²) >= 11 is 0. The van der Waals surface area contributed by atoms with Crippen LogP contribution in [0.25, 0.3) is 0 Å². The third kappa shape index (κ3) is 7.98. The van der Waals surface area contributed by atoms with Crippen molar-refractivity contribution >= 4 is 22.1 Å². The summed E-state index contributed by atoms with van der Waals surface area (Å²) < 4.78 is 27.3. The lowest BCUT2D eigenvalue weighted by Crippen LogP contribution is -2.51. The van der Waals surface area contributed by atoms with Crippen LogP contribution in [0.1, 0.15) is 33.6 Å². The Bertz CT molecular complexity index is 411. The quantitative estimate of drug-likeness (QED) is 0.499. The highest BCUT2D eigenvalue weighted by Gasteiger charge is 2.27. The van der Waals surface area contributed by atoms with Gasteiger partial charge in [-0.2, -0.15) is 17.9 Å². The monoisotopic (exact) mass is 282 g/mol. The highest BCUT2D eigenvalue weighted by atomic mass is 32.2. The zero-order valence-electron chi connectivity index (χ0n) is 10.4. The van der Waals surface area contributed by atoms with Gasteiger partial charge in [-0.15, -0.1) is 0 Å². The van der Waals surface area contributed by atoms with Crippen LogP contribution in [-0.2, 0) is 19.8 Å². The van der Waals surface area contributed by atoms with E-state index in [1.165, 1.54) is 0 Å². The Morgan fingerprint density at radius 1 is 1.22 bits per heavy atom. The van der Waals surface area contributed by atoms with Crippen LogP contribution in [0.15, 0.2) is 0 Å². The van der Waals surface area contributed by atoms with Crippen molar-refractivity contribution in [2.24, 2.45) is 0 Å². The molecule has 0 unspecified atom stereocenters. The van der Waals surface area contributed by atoms with Crippen LogP contribution in [0.2, 0.25) is 0 Å². The number of carboxylic acid groups (broad SMARTS) is 2. The van der Waals surface area contributed by atoms with Crippen molar-refractivity contribution < 1.29 is 28.2 Å². The summed E-state index contributed by atoms with van der Waals surface area (Å²) in [7, 11) is -4.01. The average Bonchev–Trinajstić information content (AvgIpc) is 2.07. The minimum atomic E-state index is -4.01. The number of nitrogens with one attached hydrogen (secondary N) is 2. The highest BCUT2D eigenvalue weighted by Crippen LogP contribution is 2.04. The van der Waals surface area contributed by atoms with E-state index in [4.69, 9.17) is 10.2 Å². The van der Waals surface area contributed by atoms with Crippen LogP contribution in [0, 0.1) is 0 Å². The molecule has 0 saturated heterocycles. The predicted molar refractivity (Wildman–Crippen MR) is 63.2 cm³/mol. The van der Waals surface area contributed by atoms with Crippen LogP contribution in [-0.4, -0.2) is 42.2 Å². The molecule has 0 spiro atoms. The first-order valence-electron chi connectivity index (χ1n) is 5.19. The summed E-state index contributed by atoms with van der Waals surface area (Å²) in [5, 5.41) is 17.2. The fraction of sp³-hybridized carbons (Fsp3) is 0.778. The minimum Gasteiger partial charge on any atom is -0.481 e. The van der Waals surface area contributed by atoms with Gasteiger partial charge in [-0.25, -0.2) is 0 Å². The molecule has 0 amide bonds. The zero-order chi connectivity index (χ0) is 14.6. The molecule has 9 heteroatoms. The Morgan fingerprint density at radius 3 is 2.06 bits per heavy atom. The van der Waals surface area contributed by atoms with E-state index in [1.54, 1.807) is 20.8 Å². The number of hydrogen-bond acceptors (Lipinski definition) is 4.